The lowest BCUT2D eigenvalue weighted by Crippen LogP contribution is -2.47. The maximum Gasteiger partial charge on any atom is 0.151 e. The maximum absolute atomic E-state index is 12.2. The first-order valence-corrected chi connectivity index (χ1v) is 5.55. The predicted molar refractivity (Wildman–Crippen MR) is 63.3 cm³/mol. The van der Waals surface area contributed by atoms with E-state index in [2.05, 4.69) is 14.8 Å². The molecular weight excluding hydrogens is 207 g/mol. The fourth-order valence-electron chi connectivity index (χ4n) is 1.98. The molecule has 5 heteroatoms. The van der Waals surface area contributed by atoms with Gasteiger partial charge in [-0.05, 0) is 12.1 Å². The van der Waals surface area contributed by atoms with Gasteiger partial charge >= 0.3 is 0 Å². The molecule has 0 unspecified atom stereocenters. The average molecular weight is 224 g/mol. The second kappa shape index (κ2) is 5.12. The van der Waals surface area contributed by atoms with Gasteiger partial charge in [0.05, 0.1) is 5.69 Å². The summed E-state index contributed by atoms with van der Waals surface area (Å²) in [6, 6.07) is 3.69. The molecule has 0 saturated carbocycles. The van der Waals surface area contributed by atoms with Crippen molar-refractivity contribution >= 4 is 11.5 Å². The highest BCUT2D eigenvalue weighted by atomic mass is 19.1. The first kappa shape index (κ1) is 11.1. The van der Waals surface area contributed by atoms with E-state index < -0.39 is 0 Å². The van der Waals surface area contributed by atoms with E-state index in [1.165, 1.54) is 0 Å². The van der Waals surface area contributed by atoms with Crippen LogP contribution < -0.4 is 10.6 Å². The third kappa shape index (κ3) is 2.41. The number of anilines is 2. The number of hydrogen-bond donors (Lipinski definition) is 1. The van der Waals surface area contributed by atoms with E-state index in [-0.39, 0.29) is 6.67 Å². The highest BCUT2D eigenvalue weighted by Gasteiger charge is 2.18. The highest BCUT2D eigenvalue weighted by Crippen LogP contribution is 2.20. The Bertz CT molecular complexity index is 337. The van der Waals surface area contributed by atoms with Crippen molar-refractivity contribution in [3.8, 4) is 0 Å². The molecule has 0 amide bonds. The zero-order valence-corrected chi connectivity index (χ0v) is 9.27. The Kier molecular flexibility index (Phi) is 3.56. The van der Waals surface area contributed by atoms with Gasteiger partial charge in [0, 0.05) is 38.9 Å². The molecule has 0 aliphatic carbocycles. The SMILES string of the molecule is Nc1cccnc1N1CCN(CCF)CC1. The molecular formula is C11H17FN4. The van der Waals surface area contributed by atoms with E-state index in [1.807, 2.05) is 12.1 Å². The lowest BCUT2D eigenvalue weighted by atomic mass is 10.3. The van der Waals surface area contributed by atoms with Gasteiger partial charge in [0.1, 0.15) is 6.67 Å². The molecule has 4 nitrogen and oxygen atoms in total. The summed E-state index contributed by atoms with van der Waals surface area (Å²) in [5.74, 6) is 0.849. The molecule has 1 saturated heterocycles. The number of pyridine rings is 1. The number of nitrogens with two attached hydrogens (primary N) is 1. The van der Waals surface area contributed by atoms with Crippen LogP contribution >= 0.6 is 0 Å². The summed E-state index contributed by atoms with van der Waals surface area (Å²) < 4.78 is 12.2. The summed E-state index contributed by atoms with van der Waals surface area (Å²) in [5.41, 5.74) is 6.58. The first-order valence-electron chi connectivity index (χ1n) is 5.55. The van der Waals surface area contributed by atoms with Gasteiger partial charge in [-0.25, -0.2) is 9.37 Å². The van der Waals surface area contributed by atoms with E-state index >= 15 is 0 Å². The molecule has 2 N–H and O–H groups in total. The van der Waals surface area contributed by atoms with Gasteiger partial charge in [-0.15, -0.1) is 0 Å². The van der Waals surface area contributed by atoms with Crippen LogP contribution in [-0.2, 0) is 0 Å². The summed E-state index contributed by atoms with van der Waals surface area (Å²) in [6.07, 6.45) is 1.75. The predicted octanol–water partition coefficient (Wildman–Crippen LogP) is 0.755. The second-order valence-corrected chi connectivity index (χ2v) is 3.93. The van der Waals surface area contributed by atoms with Gasteiger partial charge in [-0.3, -0.25) is 4.90 Å². The summed E-state index contributed by atoms with van der Waals surface area (Å²) in [5, 5.41) is 0. The van der Waals surface area contributed by atoms with Crippen molar-refractivity contribution in [1.29, 1.82) is 0 Å². The number of nitrogens with zero attached hydrogens (tertiary/aromatic N) is 3. The van der Waals surface area contributed by atoms with Crippen molar-refractivity contribution in [2.24, 2.45) is 0 Å². The Morgan fingerprint density at radius 2 is 2.06 bits per heavy atom. The lowest BCUT2D eigenvalue weighted by Gasteiger charge is -2.35. The van der Waals surface area contributed by atoms with Crippen molar-refractivity contribution in [3.05, 3.63) is 18.3 Å². The number of hydrogen-bond acceptors (Lipinski definition) is 4. The zero-order valence-electron chi connectivity index (χ0n) is 9.27. The Morgan fingerprint density at radius 1 is 1.31 bits per heavy atom. The van der Waals surface area contributed by atoms with Gasteiger partial charge in [-0.1, -0.05) is 0 Å². The van der Waals surface area contributed by atoms with Crippen LogP contribution in [0.5, 0.6) is 0 Å². The van der Waals surface area contributed by atoms with E-state index in [1.54, 1.807) is 6.20 Å². The molecule has 1 aliphatic heterocycles. The topological polar surface area (TPSA) is 45.4 Å². The van der Waals surface area contributed by atoms with Crippen molar-refractivity contribution < 1.29 is 4.39 Å². The van der Waals surface area contributed by atoms with Crippen LogP contribution in [0, 0.1) is 0 Å². The minimum atomic E-state index is -0.272. The number of piperazine rings is 1. The molecule has 1 aliphatic rings. The highest BCUT2D eigenvalue weighted by molar-refractivity contribution is 5.62. The van der Waals surface area contributed by atoms with Crippen LogP contribution in [0.3, 0.4) is 0 Å². The van der Waals surface area contributed by atoms with Gasteiger partial charge in [0.15, 0.2) is 5.82 Å². The van der Waals surface area contributed by atoms with Crippen molar-refractivity contribution in [2.45, 2.75) is 0 Å². The molecule has 16 heavy (non-hydrogen) atoms. The Labute approximate surface area is 94.9 Å². The average Bonchev–Trinajstić information content (AvgIpc) is 2.31. The van der Waals surface area contributed by atoms with Crippen molar-refractivity contribution in [1.82, 2.24) is 9.88 Å². The van der Waals surface area contributed by atoms with Gasteiger partial charge in [-0.2, -0.15) is 0 Å². The van der Waals surface area contributed by atoms with Crippen LogP contribution in [0.4, 0.5) is 15.9 Å². The molecule has 0 spiro atoms. The van der Waals surface area contributed by atoms with Gasteiger partial charge in [0.25, 0.3) is 0 Å². The normalized spacial score (nSPS) is 17.7. The Morgan fingerprint density at radius 3 is 2.69 bits per heavy atom. The Hall–Kier alpha value is -1.36. The number of rotatable bonds is 3. The zero-order chi connectivity index (χ0) is 11.4. The van der Waals surface area contributed by atoms with Gasteiger partial charge < -0.3 is 10.6 Å². The molecule has 0 aromatic carbocycles. The van der Waals surface area contributed by atoms with Crippen LogP contribution in [-0.4, -0.2) is 49.3 Å². The molecule has 0 atom stereocenters. The molecule has 1 aromatic rings. The van der Waals surface area contributed by atoms with E-state index in [0.717, 1.165) is 32.0 Å². The third-order valence-electron chi connectivity index (χ3n) is 2.89. The number of halogens is 1. The minimum absolute atomic E-state index is 0.272. The molecule has 2 heterocycles. The fourth-order valence-corrected chi connectivity index (χ4v) is 1.98. The second-order valence-electron chi connectivity index (χ2n) is 3.93. The number of aromatic nitrogens is 1. The summed E-state index contributed by atoms with van der Waals surface area (Å²) in [4.78, 5) is 8.56. The van der Waals surface area contributed by atoms with E-state index in [4.69, 9.17) is 5.73 Å². The van der Waals surface area contributed by atoms with E-state index in [9.17, 15) is 4.39 Å². The molecule has 88 valence electrons. The van der Waals surface area contributed by atoms with Crippen molar-refractivity contribution in [3.63, 3.8) is 0 Å². The minimum Gasteiger partial charge on any atom is -0.396 e. The van der Waals surface area contributed by atoms with Gasteiger partial charge in [0.2, 0.25) is 0 Å². The summed E-state index contributed by atoms with van der Waals surface area (Å²) >= 11 is 0. The number of alkyl halides is 1. The lowest BCUT2D eigenvalue weighted by molar-refractivity contribution is 0.235. The van der Waals surface area contributed by atoms with Crippen molar-refractivity contribution in [2.75, 3.05) is 50.0 Å². The number of nitrogen functional groups attached to an aromatic ring is 1. The van der Waals surface area contributed by atoms with Crippen LogP contribution in [0.15, 0.2) is 18.3 Å². The monoisotopic (exact) mass is 224 g/mol. The standard InChI is InChI=1S/C11H17FN4/c12-3-5-15-6-8-16(9-7-15)11-10(13)2-1-4-14-11/h1-2,4H,3,5-9,13H2. The Balaban J connectivity index is 1.96. The summed E-state index contributed by atoms with van der Waals surface area (Å²) in [7, 11) is 0. The quantitative estimate of drug-likeness (QED) is 0.823. The molecule has 0 bridgehead atoms. The third-order valence-corrected chi connectivity index (χ3v) is 2.89. The molecule has 1 fully saturated rings. The van der Waals surface area contributed by atoms with Crippen LogP contribution in [0.1, 0.15) is 0 Å². The summed E-state index contributed by atoms with van der Waals surface area (Å²) in [6.45, 7) is 3.74. The molecule has 2 rings (SSSR count). The first-order chi connectivity index (χ1) is 7.81. The molecule has 0 radical (unpaired) electrons. The molecule has 1 aromatic heterocycles. The fraction of sp³-hybridized carbons (Fsp3) is 0.545. The van der Waals surface area contributed by atoms with Crippen LogP contribution in [0.2, 0.25) is 0 Å². The maximum atomic E-state index is 12.2. The smallest absolute Gasteiger partial charge is 0.151 e. The van der Waals surface area contributed by atoms with E-state index in [0.29, 0.717) is 12.2 Å². The van der Waals surface area contributed by atoms with Crippen LogP contribution in [0.25, 0.3) is 0 Å². The largest absolute Gasteiger partial charge is 0.396 e.